The highest BCUT2D eigenvalue weighted by atomic mass is 16.5. The second-order valence-electron chi connectivity index (χ2n) is 32.3. The van der Waals surface area contributed by atoms with Gasteiger partial charge in [-0.3, -0.25) is 13.8 Å². The molecule has 2 aromatic heterocycles. The number of aryl methyl sites for hydroxylation is 3. The third-order valence-electron chi connectivity index (χ3n) is 23.2. The highest BCUT2D eigenvalue weighted by Crippen LogP contribution is 2.45. The molecule has 0 spiro atoms. The van der Waals surface area contributed by atoms with Crippen molar-refractivity contribution in [3.8, 4) is 46.0 Å². The first-order valence-electron chi connectivity index (χ1n) is 44.3. The van der Waals surface area contributed by atoms with Gasteiger partial charge in [-0.05, 0) is 158 Å². The van der Waals surface area contributed by atoms with Crippen molar-refractivity contribution >= 4 is 57.8 Å². The minimum atomic E-state index is -1.06. The summed E-state index contributed by atoms with van der Waals surface area (Å²) < 4.78 is 32.0. The molecule has 0 radical (unpaired) electrons. The van der Waals surface area contributed by atoms with Gasteiger partial charge >= 0.3 is 7.19 Å². The normalized spacial score (nSPS) is 12.6. The zero-order valence-electron chi connectivity index (χ0n) is 68.2. The Hall–Kier alpha value is -9.49. The predicted octanol–water partition coefficient (Wildman–Crippen LogP) is 28.0. The summed E-state index contributed by atoms with van der Waals surface area (Å²) in [5.41, 5.74) is 7.05. The van der Waals surface area contributed by atoms with Gasteiger partial charge in [0.2, 0.25) is 0 Å². The SMILES string of the molecule is CCCCCCCCCCCCCCCc1cccc(Oc2ccc3c(c2)C2=Nc4c5ccc(Oc6cccc(CCCCCCCCCCCCCCC)c6)cc5c5n4B(Oc4ccc(C(=O)c6ccccc6)c(O)c4)n4c(c6cc(Oc7cccc(CCCCCCCCCCCCCCC)c7)ccc6c4=N5)=NC3=N2)c1. The zero-order chi connectivity index (χ0) is 77.6. The molecular formula is C100H123BN6O6. The smallest absolute Gasteiger partial charge is 0.522 e. The predicted molar refractivity (Wildman–Crippen MR) is 468 cm³/mol. The number of aliphatic imine (C=N–C) groups is 2. The standard InChI is InChI=1S/C100H123BN6O6/c1-4-7-10-13-16-19-22-25-28-31-34-37-41-49-75-52-46-57-79(68-75)110-82-60-64-86-90(71-82)96-102-95(86)103-99-91-72-83(111-80-58-47-53-76(69-80)50-42-38-35-32-29-26-23-20-17-14-11-8-5-2)62-66-88(91)98-105-100-92-73-84(112-81-59-48-54-77(70-81)51-43-39-36-33-30-27-24-21-18-15-12-9-6-3)61-65-87(92)97(104-96)106(100)101(107(98)99)113-85-63-67-89(93(108)74-85)94(109)78-55-44-40-45-56-78/h40,44-48,52-74,108H,4-39,41-43,49-51H2,1-3H3. The second kappa shape index (κ2) is 43.1. The summed E-state index contributed by atoms with van der Waals surface area (Å²) in [5.74, 6) is 6.02. The van der Waals surface area contributed by atoms with Crippen LogP contribution >= 0.6 is 0 Å². The fourth-order valence-electron chi connectivity index (χ4n) is 16.8. The third kappa shape index (κ3) is 22.7. The number of carbonyl (C=O) groups is 1. The fourth-order valence-corrected chi connectivity index (χ4v) is 16.8. The Morgan fingerprint density at radius 2 is 0.708 bits per heavy atom. The molecule has 13 rings (SSSR count). The Bertz CT molecular complexity index is 4920. The maximum Gasteiger partial charge on any atom is 0.633 e. The number of ether oxygens (including phenoxy) is 3. The van der Waals surface area contributed by atoms with Gasteiger partial charge < -0.3 is 24.0 Å². The lowest BCUT2D eigenvalue weighted by atomic mass is 9.97. The van der Waals surface area contributed by atoms with Crippen LogP contribution in [0.2, 0.25) is 0 Å². The number of aromatic nitrogens is 2. The number of hydrogen-bond acceptors (Lipinski definition) is 10. The average molecular weight is 1520 g/mol. The van der Waals surface area contributed by atoms with Gasteiger partial charge in [0.25, 0.3) is 0 Å². The Morgan fingerprint density at radius 3 is 1.18 bits per heavy atom. The van der Waals surface area contributed by atoms with E-state index in [0.717, 1.165) is 88.4 Å². The number of amidine groups is 2. The van der Waals surface area contributed by atoms with Crippen molar-refractivity contribution in [1.82, 2.24) is 8.96 Å². The van der Waals surface area contributed by atoms with E-state index < -0.39 is 7.19 Å². The number of hydrogen-bond donors (Lipinski definition) is 1. The number of unbranched alkanes of at least 4 members (excludes halogenated alkanes) is 36. The number of benzene rings is 8. The van der Waals surface area contributed by atoms with Crippen LogP contribution in [0.25, 0.3) is 21.5 Å². The minimum Gasteiger partial charge on any atom is -0.522 e. The molecule has 0 atom stereocenters. The zero-order valence-corrected chi connectivity index (χ0v) is 68.2. The highest BCUT2D eigenvalue weighted by molar-refractivity contribution is 6.52. The molecule has 4 bridgehead atoms. The number of carbonyl (C=O) groups excluding carboxylic acids is 1. The first-order valence-corrected chi connectivity index (χ1v) is 44.3. The van der Waals surface area contributed by atoms with Crippen molar-refractivity contribution in [1.29, 1.82) is 0 Å². The molecule has 0 unspecified atom stereocenters. The first-order chi connectivity index (χ1) is 55.8. The van der Waals surface area contributed by atoms with Crippen LogP contribution in [0.15, 0.2) is 196 Å². The van der Waals surface area contributed by atoms with Gasteiger partial charge in [0.1, 0.15) is 68.6 Å². The lowest BCUT2D eigenvalue weighted by Gasteiger charge is -2.23. The van der Waals surface area contributed by atoms with E-state index >= 15 is 0 Å². The number of rotatable bonds is 52. The van der Waals surface area contributed by atoms with E-state index in [1.807, 2.05) is 75.7 Å². The average Bonchev–Trinajstić information content (AvgIpc) is 1.54. The summed E-state index contributed by atoms with van der Waals surface area (Å²) in [4.78, 5) is 36.3. The van der Waals surface area contributed by atoms with Crippen LogP contribution in [0.3, 0.4) is 0 Å². The van der Waals surface area contributed by atoms with Crippen LogP contribution < -0.4 is 29.8 Å². The summed E-state index contributed by atoms with van der Waals surface area (Å²) in [6.07, 6.45) is 54.7. The Balaban J connectivity index is 0.808. The lowest BCUT2D eigenvalue weighted by molar-refractivity contribution is 0.103. The number of phenols is 1. The van der Waals surface area contributed by atoms with E-state index in [2.05, 4.69) is 99.6 Å². The molecule has 10 aromatic rings. The molecule has 3 aliphatic heterocycles. The van der Waals surface area contributed by atoms with Crippen LogP contribution in [-0.4, -0.2) is 38.7 Å². The summed E-state index contributed by atoms with van der Waals surface area (Å²) in [7, 11) is -1.06. The van der Waals surface area contributed by atoms with E-state index in [1.54, 1.807) is 24.3 Å². The number of phenolic OH excluding ortho intramolecular Hbond substituents is 1. The van der Waals surface area contributed by atoms with Crippen molar-refractivity contribution in [2.24, 2.45) is 20.0 Å². The molecule has 8 aromatic carbocycles. The summed E-state index contributed by atoms with van der Waals surface area (Å²) in [6, 6.07) is 57.8. The van der Waals surface area contributed by atoms with Crippen molar-refractivity contribution in [2.45, 2.75) is 290 Å². The van der Waals surface area contributed by atoms with Crippen molar-refractivity contribution in [2.75, 3.05) is 0 Å². The maximum absolute atomic E-state index is 14.0. The molecule has 13 heteroatoms. The second-order valence-corrected chi connectivity index (χ2v) is 32.3. The van der Waals surface area contributed by atoms with Crippen LogP contribution in [0.1, 0.15) is 315 Å². The quantitative estimate of drug-likeness (QED) is 0.0229. The summed E-state index contributed by atoms with van der Waals surface area (Å²) in [6.45, 7) is 6.87. The Kier molecular flexibility index (Phi) is 31.1. The molecule has 12 nitrogen and oxygen atoms in total. The van der Waals surface area contributed by atoms with E-state index in [1.165, 1.54) is 254 Å². The molecule has 5 heterocycles. The largest absolute Gasteiger partial charge is 0.633 e. The van der Waals surface area contributed by atoms with Gasteiger partial charge in [0.15, 0.2) is 17.5 Å². The Labute approximate surface area is 673 Å². The minimum absolute atomic E-state index is 0.155. The third-order valence-corrected chi connectivity index (χ3v) is 23.2. The van der Waals surface area contributed by atoms with Gasteiger partial charge in [-0.25, -0.2) is 20.0 Å². The lowest BCUT2D eigenvalue weighted by Crippen LogP contribution is -2.52. The van der Waals surface area contributed by atoms with E-state index in [0.29, 0.717) is 62.8 Å². The van der Waals surface area contributed by atoms with Gasteiger partial charge in [-0.15, -0.1) is 0 Å². The van der Waals surface area contributed by atoms with Crippen LogP contribution in [0, 0.1) is 0 Å². The first kappa shape index (κ1) is 81.5. The molecule has 0 amide bonds. The topological polar surface area (TPSA) is 134 Å². The summed E-state index contributed by atoms with van der Waals surface area (Å²) >= 11 is 0. The number of fused-ring (bicyclic) bond motifs is 10. The van der Waals surface area contributed by atoms with Crippen molar-refractivity contribution in [3.63, 3.8) is 0 Å². The summed E-state index contributed by atoms with van der Waals surface area (Å²) in [5, 5.41) is 15.0. The van der Waals surface area contributed by atoms with Gasteiger partial charge in [0.05, 0.1) is 5.56 Å². The van der Waals surface area contributed by atoms with E-state index in [-0.39, 0.29) is 17.1 Å². The van der Waals surface area contributed by atoms with Crippen LogP contribution in [0.5, 0.6) is 46.0 Å². The van der Waals surface area contributed by atoms with Gasteiger partial charge in [-0.1, -0.05) is 319 Å². The van der Waals surface area contributed by atoms with Crippen molar-refractivity contribution in [3.05, 3.63) is 226 Å². The molecule has 0 saturated heterocycles. The monoisotopic (exact) mass is 1510 g/mol. The van der Waals surface area contributed by atoms with E-state index in [9.17, 15) is 9.90 Å². The van der Waals surface area contributed by atoms with E-state index in [4.69, 9.17) is 38.8 Å². The maximum atomic E-state index is 14.0. The molecule has 3 aliphatic rings. The van der Waals surface area contributed by atoms with Crippen LogP contribution in [-0.2, 0) is 19.3 Å². The molecule has 0 saturated carbocycles. The number of ketones is 1. The van der Waals surface area contributed by atoms with Gasteiger partial charge in [0, 0.05) is 44.3 Å². The molecule has 592 valence electrons. The molecular weight excluding hydrogens is 1390 g/mol. The molecule has 113 heavy (non-hydrogen) atoms. The fraction of sp³-hybridized carbons (Fsp3) is 0.450. The molecule has 0 aliphatic carbocycles. The van der Waals surface area contributed by atoms with Crippen molar-refractivity contribution < 1.29 is 28.8 Å². The van der Waals surface area contributed by atoms with Crippen LogP contribution in [0.4, 0.5) is 11.6 Å². The molecule has 0 fully saturated rings. The molecule has 1 N–H and O–H groups in total. The number of aromatic hydroxyl groups is 1. The van der Waals surface area contributed by atoms with Gasteiger partial charge in [-0.2, -0.15) is 0 Å². The highest BCUT2D eigenvalue weighted by Gasteiger charge is 2.41. The Morgan fingerprint density at radius 1 is 0.319 bits per heavy atom. The number of nitrogens with zero attached hydrogens (tertiary/aromatic N) is 6.